The number of aliphatic imine (C=N–C) groups is 1. The van der Waals surface area contributed by atoms with E-state index in [2.05, 4.69) is 10.3 Å². The van der Waals surface area contributed by atoms with E-state index in [1.165, 1.54) is 0 Å². The van der Waals surface area contributed by atoms with Crippen molar-refractivity contribution in [3.05, 3.63) is 53.6 Å². The quantitative estimate of drug-likeness (QED) is 0.335. The van der Waals surface area contributed by atoms with Gasteiger partial charge in [0.1, 0.15) is 5.75 Å². The standard InChI is InChI=1S/C17H16N4O3.ClH/c18-17(19)20-12-4-1-10(2-5-12)16(23)24-13-6-7-14-11(9-13)3-8-15(22)21-14;/h1-2,4-7,9H,3,8H2,(H,21,22)(H4,18,19,20);1H. The molecule has 0 aromatic heterocycles. The van der Waals surface area contributed by atoms with Crippen molar-refractivity contribution >= 4 is 41.6 Å². The van der Waals surface area contributed by atoms with Gasteiger partial charge >= 0.3 is 5.97 Å². The van der Waals surface area contributed by atoms with Crippen molar-refractivity contribution in [2.75, 3.05) is 5.32 Å². The molecule has 7 nitrogen and oxygen atoms in total. The molecule has 0 aliphatic carbocycles. The normalized spacial score (nSPS) is 12.2. The van der Waals surface area contributed by atoms with Crippen molar-refractivity contribution in [1.29, 1.82) is 0 Å². The van der Waals surface area contributed by atoms with E-state index in [1.54, 1.807) is 42.5 Å². The van der Waals surface area contributed by atoms with Crippen LogP contribution in [0.3, 0.4) is 0 Å². The van der Waals surface area contributed by atoms with Crippen LogP contribution in [-0.2, 0) is 11.2 Å². The number of amides is 1. The number of rotatable bonds is 3. The molecule has 0 fully saturated rings. The number of hydrogen-bond acceptors (Lipinski definition) is 4. The zero-order valence-corrected chi connectivity index (χ0v) is 14.0. The molecule has 1 heterocycles. The predicted octanol–water partition coefficient (Wildman–Crippen LogP) is 2.12. The maximum atomic E-state index is 12.2. The number of halogens is 1. The molecule has 1 aliphatic heterocycles. The van der Waals surface area contributed by atoms with Crippen molar-refractivity contribution in [2.24, 2.45) is 16.5 Å². The molecule has 8 heteroatoms. The van der Waals surface area contributed by atoms with Gasteiger partial charge in [0.2, 0.25) is 5.91 Å². The number of aryl methyl sites for hydroxylation is 1. The van der Waals surface area contributed by atoms with Crippen LogP contribution in [0.2, 0.25) is 0 Å². The second-order valence-electron chi connectivity index (χ2n) is 5.34. The second-order valence-corrected chi connectivity index (χ2v) is 5.34. The highest BCUT2D eigenvalue weighted by atomic mass is 35.5. The number of carbonyl (C=O) groups excluding carboxylic acids is 2. The summed E-state index contributed by atoms with van der Waals surface area (Å²) < 4.78 is 5.38. The largest absolute Gasteiger partial charge is 0.423 e. The van der Waals surface area contributed by atoms with Crippen LogP contribution in [0.5, 0.6) is 5.75 Å². The van der Waals surface area contributed by atoms with Gasteiger partial charge in [-0.3, -0.25) is 4.79 Å². The first kappa shape index (κ1) is 18.3. The van der Waals surface area contributed by atoms with Crippen LogP contribution in [0.1, 0.15) is 22.3 Å². The highest BCUT2D eigenvalue weighted by Crippen LogP contribution is 2.27. The minimum atomic E-state index is -0.481. The number of guanidine groups is 1. The molecular weight excluding hydrogens is 344 g/mol. The van der Waals surface area contributed by atoms with E-state index >= 15 is 0 Å². The average molecular weight is 361 g/mol. The number of fused-ring (bicyclic) bond motifs is 1. The Labute approximate surface area is 150 Å². The van der Waals surface area contributed by atoms with E-state index in [0.29, 0.717) is 29.8 Å². The van der Waals surface area contributed by atoms with Gasteiger partial charge in [-0.05, 0) is 54.4 Å². The number of benzene rings is 2. The van der Waals surface area contributed by atoms with Gasteiger partial charge in [-0.2, -0.15) is 0 Å². The van der Waals surface area contributed by atoms with E-state index in [4.69, 9.17) is 16.2 Å². The molecule has 2 aromatic carbocycles. The maximum Gasteiger partial charge on any atom is 0.343 e. The van der Waals surface area contributed by atoms with Gasteiger partial charge in [-0.25, -0.2) is 9.79 Å². The summed E-state index contributed by atoms with van der Waals surface area (Å²) in [6.07, 6.45) is 1.05. The molecule has 0 saturated carbocycles. The molecule has 0 unspecified atom stereocenters. The smallest absolute Gasteiger partial charge is 0.343 e. The van der Waals surface area contributed by atoms with Gasteiger partial charge in [-0.1, -0.05) is 0 Å². The third kappa shape index (κ3) is 4.48. The summed E-state index contributed by atoms with van der Waals surface area (Å²) in [5.74, 6) is -0.103. The van der Waals surface area contributed by atoms with Crippen LogP contribution in [0, 0.1) is 0 Å². The van der Waals surface area contributed by atoms with Gasteiger partial charge in [0.05, 0.1) is 11.3 Å². The average Bonchev–Trinajstić information content (AvgIpc) is 2.55. The minimum Gasteiger partial charge on any atom is -0.423 e. The molecule has 1 aliphatic rings. The summed E-state index contributed by atoms with van der Waals surface area (Å²) in [6.45, 7) is 0. The molecule has 130 valence electrons. The predicted molar refractivity (Wildman–Crippen MR) is 97.5 cm³/mol. The van der Waals surface area contributed by atoms with E-state index < -0.39 is 5.97 Å². The Kier molecular flexibility index (Phi) is 5.61. The van der Waals surface area contributed by atoms with E-state index in [-0.39, 0.29) is 24.3 Å². The Morgan fingerprint density at radius 2 is 1.80 bits per heavy atom. The van der Waals surface area contributed by atoms with Crippen molar-refractivity contribution in [1.82, 2.24) is 0 Å². The van der Waals surface area contributed by atoms with Gasteiger partial charge in [-0.15, -0.1) is 12.4 Å². The van der Waals surface area contributed by atoms with E-state index in [1.807, 2.05) is 0 Å². The lowest BCUT2D eigenvalue weighted by molar-refractivity contribution is -0.116. The molecule has 0 bridgehead atoms. The Morgan fingerprint density at radius 3 is 2.48 bits per heavy atom. The first-order chi connectivity index (χ1) is 11.5. The zero-order valence-electron chi connectivity index (χ0n) is 13.2. The molecule has 0 atom stereocenters. The number of carbonyl (C=O) groups is 2. The lowest BCUT2D eigenvalue weighted by Crippen LogP contribution is -2.21. The Morgan fingerprint density at radius 1 is 1.08 bits per heavy atom. The third-order valence-corrected chi connectivity index (χ3v) is 3.54. The van der Waals surface area contributed by atoms with Gasteiger partial charge in [0.25, 0.3) is 0 Å². The van der Waals surface area contributed by atoms with Gasteiger partial charge in [0.15, 0.2) is 5.96 Å². The lowest BCUT2D eigenvalue weighted by atomic mass is 10.0. The van der Waals surface area contributed by atoms with Crippen LogP contribution < -0.4 is 21.5 Å². The Hall–Kier alpha value is -3.06. The first-order valence-electron chi connectivity index (χ1n) is 7.36. The third-order valence-electron chi connectivity index (χ3n) is 3.54. The van der Waals surface area contributed by atoms with Crippen LogP contribution in [0.4, 0.5) is 11.4 Å². The minimum absolute atomic E-state index is 0. The van der Waals surface area contributed by atoms with Crippen molar-refractivity contribution < 1.29 is 14.3 Å². The summed E-state index contributed by atoms with van der Waals surface area (Å²) in [5.41, 5.74) is 13.2. The lowest BCUT2D eigenvalue weighted by Gasteiger charge is -2.17. The topological polar surface area (TPSA) is 120 Å². The molecule has 2 aromatic rings. The number of ether oxygens (including phenoxy) is 1. The molecule has 25 heavy (non-hydrogen) atoms. The molecule has 0 spiro atoms. The molecular formula is C17H17ClN4O3. The number of hydrogen-bond donors (Lipinski definition) is 3. The summed E-state index contributed by atoms with van der Waals surface area (Å²) in [6, 6.07) is 11.6. The SMILES string of the molecule is Cl.NC(N)=Nc1ccc(C(=O)Oc2ccc3c(c2)CCC(=O)N3)cc1. The highest BCUT2D eigenvalue weighted by molar-refractivity contribution is 5.94. The van der Waals surface area contributed by atoms with Gasteiger partial charge < -0.3 is 21.5 Å². The number of anilines is 1. The van der Waals surface area contributed by atoms with Crippen LogP contribution in [0.25, 0.3) is 0 Å². The fraction of sp³-hybridized carbons (Fsp3) is 0.118. The van der Waals surface area contributed by atoms with Crippen LogP contribution >= 0.6 is 12.4 Å². The summed E-state index contributed by atoms with van der Waals surface area (Å²) in [7, 11) is 0. The fourth-order valence-corrected chi connectivity index (χ4v) is 2.41. The Balaban J connectivity index is 0.00000225. The number of nitrogens with two attached hydrogens (primary N) is 2. The number of nitrogens with zero attached hydrogens (tertiary/aromatic N) is 1. The molecule has 0 saturated heterocycles. The van der Waals surface area contributed by atoms with Crippen molar-refractivity contribution in [2.45, 2.75) is 12.8 Å². The van der Waals surface area contributed by atoms with Crippen molar-refractivity contribution in [3.8, 4) is 5.75 Å². The summed E-state index contributed by atoms with van der Waals surface area (Å²) in [4.78, 5) is 27.4. The van der Waals surface area contributed by atoms with E-state index in [9.17, 15) is 9.59 Å². The Bertz CT molecular complexity index is 830. The molecule has 0 radical (unpaired) electrons. The number of nitrogens with one attached hydrogen (secondary N) is 1. The molecule has 3 rings (SSSR count). The monoisotopic (exact) mass is 360 g/mol. The second kappa shape index (κ2) is 7.67. The highest BCUT2D eigenvalue weighted by Gasteiger charge is 2.16. The van der Waals surface area contributed by atoms with Gasteiger partial charge in [0, 0.05) is 12.1 Å². The van der Waals surface area contributed by atoms with Crippen LogP contribution in [-0.4, -0.2) is 17.8 Å². The van der Waals surface area contributed by atoms with Crippen LogP contribution in [0.15, 0.2) is 47.5 Å². The number of esters is 1. The molecule has 1 amide bonds. The zero-order chi connectivity index (χ0) is 17.1. The molecule has 5 N–H and O–H groups in total. The summed E-state index contributed by atoms with van der Waals surface area (Å²) >= 11 is 0. The maximum absolute atomic E-state index is 12.2. The van der Waals surface area contributed by atoms with Crippen molar-refractivity contribution in [3.63, 3.8) is 0 Å². The summed E-state index contributed by atoms with van der Waals surface area (Å²) in [5, 5.41) is 2.78. The fourth-order valence-electron chi connectivity index (χ4n) is 2.41. The van der Waals surface area contributed by atoms with E-state index in [0.717, 1.165) is 11.3 Å². The first-order valence-corrected chi connectivity index (χ1v) is 7.36.